The van der Waals surface area contributed by atoms with Crippen LogP contribution >= 0.6 is 24.0 Å². The van der Waals surface area contributed by atoms with Gasteiger partial charge < -0.3 is 15.4 Å². The summed E-state index contributed by atoms with van der Waals surface area (Å²) in [7, 11) is 0. The number of benzene rings is 2. The van der Waals surface area contributed by atoms with Crippen LogP contribution in [0.1, 0.15) is 18.1 Å². The number of aliphatic imine (C=N–C) groups is 1. The molecule has 0 saturated carbocycles. The number of hydrogen-bond acceptors (Lipinski definition) is 3. The highest BCUT2D eigenvalue weighted by molar-refractivity contribution is 14.0. The first-order valence-corrected chi connectivity index (χ1v) is 9.48. The average Bonchev–Trinajstić information content (AvgIpc) is 2.74. The largest absolute Gasteiger partial charge is 0.489 e. The van der Waals surface area contributed by atoms with Crippen LogP contribution in [0.2, 0.25) is 0 Å². The summed E-state index contributed by atoms with van der Waals surface area (Å²) in [4.78, 5) is 9.23. The highest BCUT2D eigenvalue weighted by atomic mass is 127. The molecule has 29 heavy (non-hydrogen) atoms. The number of guanidine groups is 1. The predicted octanol–water partition coefficient (Wildman–Crippen LogP) is 4.67. The highest BCUT2D eigenvalue weighted by Gasteiger charge is 2.05. The highest BCUT2D eigenvalue weighted by Crippen LogP contribution is 2.19. The summed E-state index contributed by atoms with van der Waals surface area (Å²) in [6.07, 6.45) is 3.56. The Morgan fingerprint density at radius 3 is 2.69 bits per heavy atom. The van der Waals surface area contributed by atoms with Crippen LogP contribution in [0.25, 0.3) is 10.9 Å². The Kier molecular flexibility index (Phi) is 9.43. The van der Waals surface area contributed by atoms with E-state index >= 15 is 0 Å². The summed E-state index contributed by atoms with van der Waals surface area (Å²) in [5.74, 6) is 1.59. The number of para-hydroxylation sites is 2. The van der Waals surface area contributed by atoms with Crippen LogP contribution in [0.15, 0.2) is 78.4 Å². The van der Waals surface area contributed by atoms with E-state index in [1.54, 1.807) is 6.08 Å². The molecule has 6 heteroatoms. The number of nitrogens with zero attached hydrogens (tertiary/aromatic N) is 2. The second-order valence-electron chi connectivity index (χ2n) is 6.25. The average molecular weight is 502 g/mol. The summed E-state index contributed by atoms with van der Waals surface area (Å²) in [6.45, 7) is 8.19. The fourth-order valence-corrected chi connectivity index (χ4v) is 2.92. The first-order valence-electron chi connectivity index (χ1n) is 9.48. The Bertz CT molecular complexity index is 953. The molecule has 0 spiro atoms. The van der Waals surface area contributed by atoms with E-state index in [-0.39, 0.29) is 24.0 Å². The Morgan fingerprint density at radius 2 is 1.86 bits per heavy atom. The van der Waals surface area contributed by atoms with E-state index in [0.29, 0.717) is 19.7 Å². The van der Waals surface area contributed by atoms with Crippen LogP contribution < -0.4 is 15.4 Å². The summed E-state index contributed by atoms with van der Waals surface area (Å²) >= 11 is 0. The number of hydrogen-bond donors (Lipinski definition) is 2. The number of ether oxygens (including phenoxy) is 1. The summed E-state index contributed by atoms with van der Waals surface area (Å²) in [5, 5.41) is 7.84. The number of aromatic nitrogens is 1. The van der Waals surface area contributed by atoms with Gasteiger partial charge in [-0.15, -0.1) is 24.0 Å². The normalized spacial score (nSPS) is 10.9. The molecule has 0 radical (unpaired) electrons. The van der Waals surface area contributed by atoms with Crippen molar-refractivity contribution in [2.45, 2.75) is 20.0 Å². The fourth-order valence-electron chi connectivity index (χ4n) is 2.92. The number of pyridine rings is 1. The van der Waals surface area contributed by atoms with Gasteiger partial charge in [0.2, 0.25) is 0 Å². The lowest BCUT2D eigenvalue weighted by molar-refractivity contribution is 0.359. The maximum absolute atomic E-state index is 5.72. The lowest BCUT2D eigenvalue weighted by Crippen LogP contribution is -2.36. The molecule has 1 heterocycles. The summed E-state index contributed by atoms with van der Waals surface area (Å²) in [6, 6.07) is 18.2. The van der Waals surface area contributed by atoms with E-state index in [0.717, 1.165) is 40.3 Å². The van der Waals surface area contributed by atoms with E-state index in [2.05, 4.69) is 53.4 Å². The fraction of sp³-hybridized carbons (Fsp3) is 0.217. The zero-order chi connectivity index (χ0) is 19.6. The van der Waals surface area contributed by atoms with Crippen molar-refractivity contribution in [1.29, 1.82) is 0 Å². The van der Waals surface area contributed by atoms with Gasteiger partial charge in [-0.1, -0.05) is 55.1 Å². The van der Waals surface area contributed by atoms with E-state index in [9.17, 15) is 0 Å². The van der Waals surface area contributed by atoms with Gasteiger partial charge in [0.25, 0.3) is 0 Å². The Hall–Kier alpha value is -2.61. The second kappa shape index (κ2) is 12.1. The first kappa shape index (κ1) is 22.7. The molecule has 0 atom stereocenters. The van der Waals surface area contributed by atoms with Gasteiger partial charge in [0, 0.05) is 30.2 Å². The van der Waals surface area contributed by atoms with Crippen molar-refractivity contribution < 1.29 is 4.74 Å². The van der Waals surface area contributed by atoms with Crippen molar-refractivity contribution in [2.75, 3.05) is 13.2 Å². The molecule has 0 saturated heterocycles. The maximum atomic E-state index is 5.72. The van der Waals surface area contributed by atoms with E-state index in [4.69, 9.17) is 9.73 Å². The summed E-state index contributed by atoms with van der Waals surface area (Å²) in [5.41, 5.74) is 3.18. The Labute approximate surface area is 189 Å². The monoisotopic (exact) mass is 502 g/mol. The van der Waals surface area contributed by atoms with Gasteiger partial charge >= 0.3 is 0 Å². The zero-order valence-electron chi connectivity index (χ0n) is 16.6. The van der Waals surface area contributed by atoms with E-state index < -0.39 is 0 Å². The predicted molar refractivity (Wildman–Crippen MR) is 131 cm³/mol. The van der Waals surface area contributed by atoms with Gasteiger partial charge in [0.05, 0.1) is 12.1 Å². The van der Waals surface area contributed by atoms with Crippen LogP contribution in [-0.4, -0.2) is 24.1 Å². The molecular formula is C23H27IN4O. The van der Waals surface area contributed by atoms with Gasteiger partial charge in [-0.25, -0.2) is 4.99 Å². The van der Waals surface area contributed by atoms with Crippen molar-refractivity contribution in [1.82, 2.24) is 15.6 Å². The number of rotatable bonds is 8. The van der Waals surface area contributed by atoms with Crippen LogP contribution in [-0.2, 0) is 13.1 Å². The molecule has 3 aromatic rings. The molecule has 2 aromatic carbocycles. The Balaban J connectivity index is 0.00000300. The van der Waals surface area contributed by atoms with Gasteiger partial charge in [-0.3, -0.25) is 4.98 Å². The first-order chi connectivity index (χ1) is 13.8. The van der Waals surface area contributed by atoms with Crippen molar-refractivity contribution in [3.05, 3.63) is 84.6 Å². The lowest BCUT2D eigenvalue weighted by atomic mass is 10.1. The third-order valence-corrected chi connectivity index (χ3v) is 4.24. The molecule has 0 fully saturated rings. The van der Waals surface area contributed by atoms with Crippen molar-refractivity contribution in [3.8, 4) is 5.75 Å². The van der Waals surface area contributed by atoms with E-state index in [1.165, 1.54) is 0 Å². The second-order valence-corrected chi connectivity index (χ2v) is 6.25. The molecule has 152 valence electrons. The molecule has 2 N–H and O–H groups in total. The maximum Gasteiger partial charge on any atom is 0.191 e. The SMILES string of the molecule is C=CCOc1ccccc1CN=C(NCC)NCc1cccc2cccnc12.I. The minimum Gasteiger partial charge on any atom is -0.489 e. The molecule has 0 aliphatic rings. The third kappa shape index (κ3) is 6.45. The molecule has 0 aliphatic carbocycles. The van der Waals surface area contributed by atoms with Gasteiger partial charge in [0.1, 0.15) is 12.4 Å². The topological polar surface area (TPSA) is 58.5 Å². The molecule has 0 amide bonds. The van der Waals surface area contributed by atoms with Crippen molar-refractivity contribution >= 4 is 40.8 Å². The molecule has 0 aliphatic heterocycles. The third-order valence-electron chi connectivity index (χ3n) is 4.24. The van der Waals surface area contributed by atoms with Crippen LogP contribution in [0.4, 0.5) is 0 Å². The molecule has 1 aromatic heterocycles. The summed E-state index contributed by atoms with van der Waals surface area (Å²) < 4.78 is 5.72. The number of fused-ring (bicyclic) bond motifs is 1. The Morgan fingerprint density at radius 1 is 1.07 bits per heavy atom. The van der Waals surface area contributed by atoms with E-state index in [1.807, 2.05) is 36.5 Å². The molecule has 3 rings (SSSR count). The zero-order valence-corrected chi connectivity index (χ0v) is 18.9. The van der Waals surface area contributed by atoms with Crippen LogP contribution in [0.5, 0.6) is 5.75 Å². The van der Waals surface area contributed by atoms with Crippen LogP contribution in [0, 0.1) is 0 Å². The number of nitrogens with one attached hydrogen (secondary N) is 2. The van der Waals surface area contributed by atoms with Gasteiger partial charge in [-0.2, -0.15) is 0 Å². The minimum atomic E-state index is 0. The molecule has 0 bridgehead atoms. The lowest BCUT2D eigenvalue weighted by Gasteiger charge is -2.13. The number of halogens is 1. The molecular weight excluding hydrogens is 475 g/mol. The van der Waals surface area contributed by atoms with Crippen molar-refractivity contribution in [2.24, 2.45) is 4.99 Å². The van der Waals surface area contributed by atoms with Gasteiger partial charge in [-0.05, 0) is 24.6 Å². The smallest absolute Gasteiger partial charge is 0.191 e. The molecule has 0 unspecified atom stereocenters. The van der Waals surface area contributed by atoms with Gasteiger partial charge in [0.15, 0.2) is 5.96 Å². The standard InChI is InChI=1S/C23H26N4O.HI/c1-3-15-28-21-13-6-5-9-19(21)16-26-23(24-4-2)27-17-20-11-7-10-18-12-8-14-25-22(18)20;/h3,5-14H,1,4,15-17H2,2H3,(H2,24,26,27);1H. The van der Waals surface area contributed by atoms with Crippen LogP contribution in [0.3, 0.4) is 0 Å². The quantitative estimate of drug-likeness (QED) is 0.204. The van der Waals surface area contributed by atoms with Crippen molar-refractivity contribution in [3.63, 3.8) is 0 Å². The molecule has 5 nitrogen and oxygen atoms in total. The minimum absolute atomic E-state index is 0.